The summed E-state index contributed by atoms with van der Waals surface area (Å²) in [4.78, 5) is 34.2. The maximum Gasteiger partial charge on any atom is 0.255 e. The van der Waals surface area contributed by atoms with Crippen LogP contribution in [-0.4, -0.2) is 32.1 Å². The predicted octanol–water partition coefficient (Wildman–Crippen LogP) is 5.92. The zero-order chi connectivity index (χ0) is 25.9. The first-order valence-electron chi connectivity index (χ1n) is 12.0. The predicted molar refractivity (Wildman–Crippen MR) is 144 cm³/mol. The summed E-state index contributed by atoms with van der Waals surface area (Å²) in [5.41, 5.74) is 1.74. The van der Waals surface area contributed by atoms with Crippen LogP contribution in [0.2, 0.25) is 0 Å². The van der Waals surface area contributed by atoms with Crippen LogP contribution in [0.5, 0.6) is 0 Å². The number of hydrogen-bond acceptors (Lipinski definition) is 5. The standard InChI is InChI=1S/C27H24F2IN5O2/c28-17-6-9-25-34-23(15-35(25)14-17)24(36)10-16-4-7-20(8-5-16)33-27(37)22-11-18(29)13-31-26(22)32-21-3-1-2-19(30)12-21/h1-3,6,9,11-16,20H,4-5,7-8,10H2,(H,31,32)(H,33,37). The number of nitrogens with one attached hydrogen (secondary N) is 2. The number of hydrogen-bond donors (Lipinski definition) is 2. The lowest BCUT2D eigenvalue weighted by Crippen LogP contribution is -2.38. The second-order valence-corrected chi connectivity index (χ2v) is 10.5. The number of rotatable bonds is 7. The summed E-state index contributed by atoms with van der Waals surface area (Å²) < 4.78 is 29.9. The summed E-state index contributed by atoms with van der Waals surface area (Å²) in [5, 5.41) is 6.11. The smallest absolute Gasteiger partial charge is 0.255 e. The molecule has 4 aromatic rings. The second-order valence-electron chi connectivity index (χ2n) is 9.24. The van der Waals surface area contributed by atoms with E-state index in [1.54, 1.807) is 6.20 Å². The highest BCUT2D eigenvalue weighted by Gasteiger charge is 2.26. The van der Waals surface area contributed by atoms with Gasteiger partial charge < -0.3 is 15.0 Å². The molecule has 0 spiro atoms. The number of fused-ring (bicyclic) bond motifs is 1. The average molecular weight is 615 g/mol. The minimum atomic E-state index is -0.588. The van der Waals surface area contributed by atoms with Crippen LogP contribution in [-0.2, 0) is 0 Å². The van der Waals surface area contributed by atoms with Gasteiger partial charge in [0.25, 0.3) is 5.91 Å². The maximum absolute atomic E-state index is 14.0. The fourth-order valence-corrected chi connectivity index (χ4v) is 5.20. The van der Waals surface area contributed by atoms with Crippen LogP contribution < -0.4 is 10.6 Å². The fourth-order valence-electron chi connectivity index (χ4n) is 4.65. The van der Waals surface area contributed by atoms with Crippen molar-refractivity contribution in [3.05, 3.63) is 87.5 Å². The molecule has 0 aliphatic heterocycles. The molecule has 3 heterocycles. The first kappa shape index (κ1) is 25.2. The van der Waals surface area contributed by atoms with Crippen LogP contribution in [0.4, 0.5) is 20.3 Å². The van der Waals surface area contributed by atoms with E-state index >= 15 is 0 Å². The van der Waals surface area contributed by atoms with Crippen LogP contribution in [0, 0.1) is 21.1 Å². The SMILES string of the molecule is O=C(CC1CCC(NC(=O)c2cc(F)cnc2Nc2cccc(I)c2)CC1)c1cn2cc(F)ccc2n1. The van der Waals surface area contributed by atoms with E-state index in [2.05, 4.69) is 43.2 Å². The number of anilines is 2. The van der Waals surface area contributed by atoms with E-state index in [0.29, 0.717) is 30.6 Å². The van der Waals surface area contributed by atoms with Crippen molar-refractivity contribution < 1.29 is 18.4 Å². The third-order valence-corrected chi connectivity index (χ3v) is 7.21. The quantitative estimate of drug-likeness (QED) is 0.199. The molecule has 5 rings (SSSR count). The van der Waals surface area contributed by atoms with Crippen LogP contribution in [0.25, 0.3) is 5.65 Å². The van der Waals surface area contributed by atoms with E-state index in [9.17, 15) is 18.4 Å². The number of carbonyl (C=O) groups excluding carboxylic acids is 2. The lowest BCUT2D eigenvalue weighted by atomic mass is 9.83. The monoisotopic (exact) mass is 615 g/mol. The molecule has 1 fully saturated rings. The van der Waals surface area contributed by atoms with Gasteiger partial charge in [-0.3, -0.25) is 9.59 Å². The van der Waals surface area contributed by atoms with E-state index in [-0.39, 0.29) is 29.1 Å². The summed E-state index contributed by atoms with van der Waals surface area (Å²) in [6.45, 7) is 0. The highest BCUT2D eigenvalue weighted by Crippen LogP contribution is 2.29. The Morgan fingerprint density at radius 3 is 2.62 bits per heavy atom. The van der Waals surface area contributed by atoms with Crippen molar-refractivity contribution in [2.24, 2.45) is 5.92 Å². The minimum absolute atomic E-state index is 0.0753. The lowest BCUT2D eigenvalue weighted by molar-refractivity contribution is 0.0895. The Kier molecular flexibility index (Phi) is 7.45. The summed E-state index contributed by atoms with van der Waals surface area (Å²) in [6.07, 6.45) is 7.25. The molecule has 190 valence electrons. The molecule has 2 N–H and O–H groups in total. The third-order valence-electron chi connectivity index (χ3n) is 6.54. The first-order chi connectivity index (χ1) is 17.8. The van der Waals surface area contributed by atoms with E-state index in [4.69, 9.17) is 0 Å². The van der Waals surface area contributed by atoms with Gasteiger partial charge in [0, 0.05) is 34.1 Å². The number of benzene rings is 1. The molecule has 7 nitrogen and oxygen atoms in total. The Morgan fingerprint density at radius 1 is 1.03 bits per heavy atom. The zero-order valence-electron chi connectivity index (χ0n) is 19.8. The summed E-state index contributed by atoms with van der Waals surface area (Å²) >= 11 is 2.19. The molecule has 1 saturated carbocycles. The number of Topliss-reactive ketones (excluding diaryl/α,β-unsaturated/α-hetero) is 1. The molecule has 0 bridgehead atoms. The average Bonchev–Trinajstić information content (AvgIpc) is 3.30. The molecule has 0 radical (unpaired) electrons. The van der Waals surface area contributed by atoms with Crippen LogP contribution >= 0.6 is 22.6 Å². The van der Waals surface area contributed by atoms with Gasteiger partial charge in [0.05, 0.1) is 11.8 Å². The Hall–Kier alpha value is -3.41. The van der Waals surface area contributed by atoms with E-state index < -0.39 is 17.5 Å². The van der Waals surface area contributed by atoms with Gasteiger partial charge in [0.2, 0.25) is 0 Å². The second kappa shape index (κ2) is 10.9. The molecule has 0 atom stereocenters. The van der Waals surface area contributed by atoms with Crippen molar-refractivity contribution in [3.63, 3.8) is 0 Å². The third kappa shape index (κ3) is 6.12. The molecule has 10 heteroatoms. The number of carbonyl (C=O) groups is 2. The van der Waals surface area contributed by atoms with E-state index in [1.807, 2.05) is 24.3 Å². The fraction of sp³-hybridized carbons (Fsp3) is 0.259. The summed E-state index contributed by atoms with van der Waals surface area (Å²) in [7, 11) is 0. The molecule has 1 aliphatic carbocycles. The van der Waals surface area contributed by atoms with Crippen molar-refractivity contribution in [2.75, 3.05) is 5.32 Å². The van der Waals surface area contributed by atoms with E-state index in [1.165, 1.54) is 28.8 Å². The lowest BCUT2D eigenvalue weighted by Gasteiger charge is -2.28. The topological polar surface area (TPSA) is 88.4 Å². The maximum atomic E-state index is 14.0. The Labute approximate surface area is 225 Å². The number of aromatic nitrogens is 3. The van der Waals surface area contributed by atoms with Gasteiger partial charge in [-0.15, -0.1) is 0 Å². The van der Waals surface area contributed by atoms with Crippen molar-refractivity contribution in [2.45, 2.75) is 38.1 Å². The molecule has 0 saturated heterocycles. The van der Waals surface area contributed by atoms with Crippen molar-refractivity contribution in [1.29, 1.82) is 0 Å². The molecule has 37 heavy (non-hydrogen) atoms. The van der Waals surface area contributed by atoms with Crippen molar-refractivity contribution >= 4 is 51.4 Å². The van der Waals surface area contributed by atoms with Crippen molar-refractivity contribution in [1.82, 2.24) is 19.7 Å². The highest BCUT2D eigenvalue weighted by molar-refractivity contribution is 14.1. The Morgan fingerprint density at radius 2 is 1.84 bits per heavy atom. The van der Waals surface area contributed by atoms with Crippen LogP contribution in [0.15, 0.2) is 61.1 Å². The van der Waals surface area contributed by atoms with E-state index in [0.717, 1.165) is 28.3 Å². The Balaban J connectivity index is 1.18. The number of ketones is 1. The summed E-state index contributed by atoms with van der Waals surface area (Å²) in [6, 6.07) is 11.5. The normalized spacial score (nSPS) is 17.5. The van der Waals surface area contributed by atoms with Gasteiger partial charge in [-0.05, 0) is 90.6 Å². The molecular weight excluding hydrogens is 591 g/mol. The van der Waals surface area contributed by atoms with Gasteiger partial charge >= 0.3 is 0 Å². The molecular formula is C27H24F2IN5O2. The highest BCUT2D eigenvalue weighted by atomic mass is 127. The van der Waals surface area contributed by atoms with Gasteiger partial charge in [-0.25, -0.2) is 18.7 Å². The molecule has 0 unspecified atom stereocenters. The van der Waals surface area contributed by atoms with Gasteiger partial charge in [0.15, 0.2) is 5.78 Å². The molecule has 3 aromatic heterocycles. The molecule has 1 aromatic carbocycles. The summed E-state index contributed by atoms with van der Waals surface area (Å²) in [5.74, 6) is -0.986. The Bertz CT molecular complexity index is 1470. The van der Waals surface area contributed by atoms with Gasteiger partial charge in [0.1, 0.15) is 28.8 Å². The first-order valence-corrected chi connectivity index (χ1v) is 13.1. The number of nitrogens with zero attached hydrogens (tertiary/aromatic N) is 3. The van der Waals surface area contributed by atoms with Crippen LogP contribution in [0.1, 0.15) is 53.0 Å². The van der Waals surface area contributed by atoms with Crippen LogP contribution in [0.3, 0.4) is 0 Å². The van der Waals surface area contributed by atoms with Crippen molar-refractivity contribution in [3.8, 4) is 0 Å². The largest absolute Gasteiger partial charge is 0.349 e. The number of pyridine rings is 2. The zero-order valence-corrected chi connectivity index (χ0v) is 21.9. The molecule has 1 amide bonds. The molecule has 1 aliphatic rings. The van der Waals surface area contributed by atoms with Gasteiger partial charge in [-0.2, -0.15) is 0 Å². The number of imidazole rings is 1. The van der Waals surface area contributed by atoms with Gasteiger partial charge in [-0.1, -0.05) is 6.07 Å². The minimum Gasteiger partial charge on any atom is -0.349 e. The number of amides is 1. The number of halogens is 3.